The number of morpholine rings is 1. The number of ether oxygens (including phenoxy) is 1. The van der Waals surface area contributed by atoms with E-state index in [0.717, 1.165) is 26.0 Å². The third kappa shape index (κ3) is 4.16. The second-order valence-electron chi connectivity index (χ2n) is 5.69. The van der Waals surface area contributed by atoms with Crippen LogP contribution >= 0.6 is 0 Å². The van der Waals surface area contributed by atoms with Crippen LogP contribution in [-0.4, -0.2) is 60.4 Å². The molecule has 0 amide bonds. The Morgan fingerprint density at radius 3 is 3.16 bits per heavy atom. The first-order chi connectivity index (χ1) is 9.20. The maximum Gasteiger partial charge on any atom is 0.320 e. The molecular formula is C14H26N2O3. The largest absolute Gasteiger partial charge is 0.480 e. The number of carbonyl (C=O) groups is 1. The summed E-state index contributed by atoms with van der Waals surface area (Å²) in [4.78, 5) is 13.6. The topological polar surface area (TPSA) is 61.8 Å². The summed E-state index contributed by atoms with van der Waals surface area (Å²) in [5.41, 5.74) is 0. The monoisotopic (exact) mass is 270 g/mol. The molecule has 5 nitrogen and oxygen atoms in total. The lowest BCUT2D eigenvalue weighted by atomic mass is 10.1. The van der Waals surface area contributed by atoms with Gasteiger partial charge in [-0.3, -0.25) is 9.69 Å². The Hall–Kier alpha value is -0.650. The number of rotatable bonds is 7. The smallest absolute Gasteiger partial charge is 0.320 e. The lowest BCUT2D eigenvalue weighted by Crippen LogP contribution is -2.51. The van der Waals surface area contributed by atoms with Crippen LogP contribution in [-0.2, 0) is 9.53 Å². The summed E-state index contributed by atoms with van der Waals surface area (Å²) >= 11 is 0. The minimum atomic E-state index is -0.747. The van der Waals surface area contributed by atoms with Crippen molar-refractivity contribution in [2.45, 2.75) is 57.2 Å². The zero-order chi connectivity index (χ0) is 13.7. The number of hydrogen-bond donors (Lipinski definition) is 2. The molecule has 110 valence electrons. The van der Waals surface area contributed by atoms with Gasteiger partial charge in [0.15, 0.2) is 0 Å². The van der Waals surface area contributed by atoms with Gasteiger partial charge in [-0.1, -0.05) is 19.8 Å². The number of hydrogen-bond acceptors (Lipinski definition) is 4. The van der Waals surface area contributed by atoms with E-state index in [4.69, 9.17) is 9.84 Å². The summed E-state index contributed by atoms with van der Waals surface area (Å²) in [6, 6.07) is 0.173. The standard InChI is InChI=1S/C14H26N2O3/c1-2-3-6-13(14(17)18)15-8-12-9-16-7-4-5-11(16)10-19-12/h11-13,15H,2-10H2,1H3,(H,17,18). The van der Waals surface area contributed by atoms with E-state index >= 15 is 0 Å². The summed E-state index contributed by atoms with van der Waals surface area (Å²) in [7, 11) is 0. The molecule has 0 aromatic carbocycles. The Morgan fingerprint density at radius 1 is 1.58 bits per heavy atom. The highest BCUT2D eigenvalue weighted by atomic mass is 16.5. The van der Waals surface area contributed by atoms with Crippen LogP contribution in [0.3, 0.4) is 0 Å². The number of fused-ring (bicyclic) bond motifs is 1. The van der Waals surface area contributed by atoms with Crippen LogP contribution in [0.5, 0.6) is 0 Å². The zero-order valence-corrected chi connectivity index (χ0v) is 11.8. The number of carboxylic acid groups (broad SMARTS) is 1. The summed E-state index contributed by atoms with van der Waals surface area (Å²) in [6.07, 6.45) is 5.32. The maximum atomic E-state index is 11.1. The molecule has 19 heavy (non-hydrogen) atoms. The van der Waals surface area contributed by atoms with Crippen molar-refractivity contribution in [3.63, 3.8) is 0 Å². The van der Waals surface area contributed by atoms with Gasteiger partial charge >= 0.3 is 5.97 Å². The fourth-order valence-electron chi connectivity index (χ4n) is 3.00. The predicted molar refractivity (Wildman–Crippen MR) is 73.3 cm³/mol. The van der Waals surface area contributed by atoms with Gasteiger partial charge in [0, 0.05) is 19.1 Å². The van der Waals surface area contributed by atoms with Crippen LogP contribution in [0.2, 0.25) is 0 Å². The van der Waals surface area contributed by atoms with Crippen LogP contribution < -0.4 is 5.32 Å². The quantitative estimate of drug-likeness (QED) is 0.725. The molecule has 0 aromatic rings. The normalized spacial score (nSPS) is 29.1. The summed E-state index contributed by atoms with van der Waals surface area (Å²) in [5, 5.41) is 12.3. The van der Waals surface area contributed by atoms with Gasteiger partial charge in [0.05, 0.1) is 12.7 Å². The number of nitrogens with one attached hydrogen (secondary N) is 1. The fraction of sp³-hybridized carbons (Fsp3) is 0.929. The highest BCUT2D eigenvalue weighted by Crippen LogP contribution is 2.22. The molecule has 2 N–H and O–H groups in total. The number of carboxylic acids is 1. The molecule has 2 heterocycles. The van der Waals surface area contributed by atoms with E-state index in [9.17, 15) is 4.79 Å². The molecule has 3 unspecified atom stereocenters. The van der Waals surface area contributed by atoms with E-state index in [-0.39, 0.29) is 6.10 Å². The van der Waals surface area contributed by atoms with Gasteiger partial charge < -0.3 is 15.2 Å². The third-order valence-electron chi connectivity index (χ3n) is 4.20. The molecule has 2 saturated heterocycles. The van der Waals surface area contributed by atoms with Crippen molar-refractivity contribution in [3.05, 3.63) is 0 Å². The molecular weight excluding hydrogens is 244 g/mol. The van der Waals surface area contributed by atoms with Crippen LogP contribution in [0.1, 0.15) is 39.0 Å². The molecule has 0 aromatic heterocycles. The van der Waals surface area contributed by atoms with Gasteiger partial charge in [-0.2, -0.15) is 0 Å². The number of aliphatic carboxylic acids is 1. The number of unbranched alkanes of at least 4 members (excludes halogenated alkanes) is 1. The van der Waals surface area contributed by atoms with Gasteiger partial charge in [-0.15, -0.1) is 0 Å². The maximum absolute atomic E-state index is 11.1. The molecule has 0 spiro atoms. The Balaban J connectivity index is 1.72. The van der Waals surface area contributed by atoms with Crippen LogP contribution in [0.25, 0.3) is 0 Å². The second-order valence-corrected chi connectivity index (χ2v) is 5.69. The molecule has 0 bridgehead atoms. The van der Waals surface area contributed by atoms with E-state index in [0.29, 0.717) is 19.0 Å². The highest BCUT2D eigenvalue weighted by Gasteiger charge is 2.32. The minimum Gasteiger partial charge on any atom is -0.480 e. The second kappa shape index (κ2) is 7.22. The van der Waals surface area contributed by atoms with Crippen molar-refractivity contribution in [2.24, 2.45) is 0 Å². The molecule has 0 aliphatic carbocycles. The van der Waals surface area contributed by atoms with Crippen molar-refractivity contribution in [1.82, 2.24) is 10.2 Å². The minimum absolute atomic E-state index is 0.137. The van der Waals surface area contributed by atoms with Crippen molar-refractivity contribution in [2.75, 3.05) is 26.2 Å². The van der Waals surface area contributed by atoms with Crippen LogP contribution in [0.15, 0.2) is 0 Å². The Labute approximate surface area is 115 Å². The van der Waals surface area contributed by atoms with Gasteiger partial charge in [-0.05, 0) is 25.8 Å². The average molecular weight is 270 g/mol. The van der Waals surface area contributed by atoms with E-state index in [1.807, 2.05) is 0 Å². The van der Waals surface area contributed by atoms with Gasteiger partial charge in [-0.25, -0.2) is 0 Å². The van der Waals surface area contributed by atoms with E-state index in [2.05, 4.69) is 17.1 Å². The summed E-state index contributed by atoms with van der Waals surface area (Å²) in [6.45, 7) is 5.64. The lowest BCUT2D eigenvalue weighted by molar-refractivity contribution is -0.140. The lowest BCUT2D eigenvalue weighted by Gasteiger charge is -2.35. The van der Waals surface area contributed by atoms with Crippen molar-refractivity contribution >= 4 is 5.97 Å². The van der Waals surface area contributed by atoms with E-state index in [1.165, 1.54) is 19.4 Å². The van der Waals surface area contributed by atoms with Crippen molar-refractivity contribution in [3.8, 4) is 0 Å². The van der Waals surface area contributed by atoms with Crippen LogP contribution in [0, 0.1) is 0 Å². The third-order valence-corrected chi connectivity index (χ3v) is 4.20. The molecule has 3 atom stereocenters. The first kappa shape index (κ1) is 14.8. The summed E-state index contributed by atoms with van der Waals surface area (Å²) < 4.78 is 5.83. The first-order valence-corrected chi connectivity index (χ1v) is 7.52. The average Bonchev–Trinajstić information content (AvgIpc) is 2.85. The molecule has 2 aliphatic rings. The molecule has 0 radical (unpaired) electrons. The number of nitrogens with zero attached hydrogens (tertiary/aromatic N) is 1. The van der Waals surface area contributed by atoms with Gasteiger partial charge in [0.25, 0.3) is 0 Å². The zero-order valence-electron chi connectivity index (χ0n) is 11.8. The molecule has 2 aliphatic heterocycles. The molecule has 0 saturated carbocycles. The van der Waals surface area contributed by atoms with Gasteiger partial charge in [0.2, 0.25) is 0 Å². The summed E-state index contributed by atoms with van der Waals surface area (Å²) in [5.74, 6) is -0.747. The van der Waals surface area contributed by atoms with Crippen molar-refractivity contribution < 1.29 is 14.6 Å². The van der Waals surface area contributed by atoms with E-state index < -0.39 is 12.0 Å². The highest BCUT2D eigenvalue weighted by molar-refractivity contribution is 5.73. The van der Waals surface area contributed by atoms with E-state index in [1.54, 1.807) is 0 Å². The Kier molecular flexibility index (Phi) is 5.60. The molecule has 5 heteroatoms. The molecule has 2 fully saturated rings. The van der Waals surface area contributed by atoms with Crippen molar-refractivity contribution in [1.29, 1.82) is 0 Å². The fourth-order valence-corrected chi connectivity index (χ4v) is 3.00. The van der Waals surface area contributed by atoms with Gasteiger partial charge in [0.1, 0.15) is 6.04 Å². The molecule has 2 rings (SSSR count). The Bertz CT molecular complexity index is 298. The predicted octanol–water partition coefficient (Wildman–Crippen LogP) is 1.08. The SMILES string of the molecule is CCCCC(NCC1CN2CCCC2CO1)C(=O)O. The first-order valence-electron chi connectivity index (χ1n) is 7.52. The van der Waals surface area contributed by atoms with Crippen LogP contribution in [0.4, 0.5) is 0 Å². The Morgan fingerprint density at radius 2 is 2.42 bits per heavy atom.